The van der Waals surface area contributed by atoms with Gasteiger partial charge in [0.15, 0.2) is 0 Å². The van der Waals surface area contributed by atoms with Crippen LogP contribution in [0.5, 0.6) is 0 Å². The van der Waals surface area contributed by atoms with Crippen LogP contribution in [0.2, 0.25) is 0 Å². The minimum Gasteiger partial charge on any atom is -0.258 e. The molecule has 0 aliphatic carbocycles. The van der Waals surface area contributed by atoms with Crippen LogP contribution >= 0.6 is 15.9 Å². The van der Waals surface area contributed by atoms with E-state index in [2.05, 4.69) is 46.9 Å². The molecule has 0 fully saturated rings. The molecule has 0 aliphatic heterocycles. The molecule has 1 heterocycles. The van der Waals surface area contributed by atoms with Gasteiger partial charge in [0, 0.05) is 16.7 Å². The third-order valence-corrected chi connectivity index (χ3v) is 3.49. The first-order valence-electron chi connectivity index (χ1n) is 4.52. The van der Waals surface area contributed by atoms with Crippen molar-refractivity contribution in [2.45, 2.75) is 27.2 Å². The Bertz CT molecular complexity index is 281. The van der Waals surface area contributed by atoms with Gasteiger partial charge in [-0.2, -0.15) is 0 Å². The standard InChI is InChI=1S/C11H16BrN/c1-9-5-4-6-10(13-9)7-11(2,3)8-12/h4-6H,7-8H2,1-3H3. The van der Waals surface area contributed by atoms with Crippen LogP contribution in [0.1, 0.15) is 25.2 Å². The Balaban J connectivity index is 2.74. The molecule has 1 nitrogen and oxygen atoms in total. The molecule has 0 saturated heterocycles. The van der Waals surface area contributed by atoms with Crippen molar-refractivity contribution in [3.05, 3.63) is 29.6 Å². The van der Waals surface area contributed by atoms with Gasteiger partial charge in [0.25, 0.3) is 0 Å². The molecule has 0 N–H and O–H groups in total. The zero-order valence-electron chi connectivity index (χ0n) is 8.47. The highest BCUT2D eigenvalue weighted by molar-refractivity contribution is 9.09. The van der Waals surface area contributed by atoms with Crippen LogP contribution in [0.3, 0.4) is 0 Å². The number of hydrogen-bond acceptors (Lipinski definition) is 1. The minimum atomic E-state index is 0.292. The fourth-order valence-electron chi connectivity index (χ4n) is 1.24. The smallest absolute Gasteiger partial charge is 0.0412 e. The lowest BCUT2D eigenvalue weighted by atomic mass is 9.90. The van der Waals surface area contributed by atoms with E-state index in [-0.39, 0.29) is 0 Å². The number of aryl methyl sites for hydroxylation is 1. The van der Waals surface area contributed by atoms with E-state index < -0.39 is 0 Å². The first-order chi connectivity index (χ1) is 6.03. The fraction of sp³-hybridized carbons (Fsp3) is 0.545. The van der Waals surface area contributed by atoms with Crippen molar-refractivity contribution in [1.82, 2.24) is 4.98 Å². The minimum absolute atomic E-state index is 0.292. The number of alkyl halides is 1. The average Bonchev–Trinajstić information content (AvgIpc) is 2.03. The van der Waals surface area contributed by atoms with E-state index >= 15 is 0 Å². The van der Waals surface area contributed by atoms with E-state index in [0.29, 0.717) is 5.41 Å². The number of aromatic nitrogens is 1. The second-order valence-electron chi connectivity index (χ2n) is 4.24. The molecule has 0 atom stereocenters. The lowest BCUT2D eigenvalue weighted by Crippen LogP contribution is -2.17. The molecule has 2 heteroatoms. The van der Waals surface area contributed by atoms with Crippen LogP contribution in [0.15, 0.2) is 18.2 Å². The predicted molar refractivity (Wildman–Crippen MR) is 60.3 cm³/mol. The summed E-state index contributed by atoms with van der Waals surface area (Å²) in [5.74, 6) is 0. The molecule has 0 saturated carbocycles. The quantitative estimate of drug-likeness (QED) is 0.740. The molecule has 1 rings (SSSR count). The maximum Gasteiger partial charge on any atom is 0.0412 e. The van der Waals surface area contributed by atoms with Crippen LogP contribution in [-0.2, 0) is 6.42 Å². The summed E-state index contributed by atoms with van der Waals surface area (Å²) in [6.07, 6.45) is 1.03. The van der Waals surface area contributed by atoms with Crippen LogP contribution < -0.4 is 0 Å². The van der Waals surface area contributed by atoms with Crippen LogP contribution in [-0.4, -0.2) is 10.3 Å². The van der Waals surface area contributed by atoms with Gasteiger partial charge in [-0.1, -0.05) is 35.8 Å². The van der Waals surface area contributed by atoms with Crippen molar-refractivity contribution in [3.63, 3.8) is 0 Å². The Morgan fingerprint density at radius 3 is 2.62 bits per heavy atom. The topological polar surface area (TPSA) is 12.9 Å². The van der Waals surface area contributed by atoms with E-state index in [4.69, 9.17) is 0 Å². The lowest BCUT2D eigenvalue weighted by molar-refractivity contribution is 0.419. The van der Waals surface area contributed by atoms with Gasteiger partial charge in [-0.25, -0.2) is 0 Å². The van der Waals surface area contributed by atoms with Gasteiger partial charge in [0.2, 0.25) is 0 Å². The third-order valence-electron chi connectivity index (χ3n) is 1.97. The highest BCUT2D eigenvalue weighted by Gasteiger charge is 2.17. The Labute approximate surface area is 88.7 Å². The van der Waals surface area contributed by atoms with E-state index in [9.17, 15) is 0 Å². The van der Waals surface area contributed by atoms with Crippen LogP contribution in [0.4, 0.5) is 0 Å². The highest BCUT2D eigenvalue weighted by Crippen LogP contribution is 2.23. The summed E-state index contributed by atoms with van der Waals surface area (Å²) in [6, 6.07) is 6.20. The molecule has 1 aromatic rings. The molecule has 0 radical (unpaired) electrons. The molecule has 1 aromatic heterocycles. The normalized spacial score (nSPS) is 11.7. The molecule has 13 heavy (non-hydrogen) atoms. The van der Waals surface area contributed by atoms with Gasteiger partial charge in [-0.05, 0) is 30.9 Å². The van der Waals surface area contributed by atoms with Gasteiger partial charge >= 0.3 is 0 Å². The number of rotatable bonds is 3. The molecule has 0 amide bonds. The van der Waals surface area contributed by atoms with E-state index in [1.165, 1.54) is 5.69 Å². The molecule has 72 valence electrons. The highest BCUT2D eigenvalue weighted by atomic mass is 79.9. The largest absolute Gasteiger partial charge is 0.258 e. The Morgan fingerprint density at radius 1 is 1.38 bits per heavy atom. The number of hydrogen-bond donors (Lipinski definition) is 0. The van der Waals surface area contributed by atoms with Crippen molar-refractivity contribution < 1.29 is 0 Å². The number of nitrogens with zero attached hydrogens (tertiary/aromatic N) is 1. The van der Waals surface area contributed by atoms with Crippen molar-refractivity contribution >= 4 is 15.9 Å². The summed E-state index contributed by atoms with van der Waals surface area (Å²) in [5, 5.41) is 1.01. The molecule has 0 spiro atoms. The second-order valence-corrected chi connectivity index (χ2v) is 4.81. The SMILES string of the molecule is Cc1cccc(CC(C)(C)CBr)n1. The summed E-state index contributed by atoms with van der Waals surface area (Å²) >= 11 is 3.52. The molecular weight excluding hydrogens is 226 g/mol. The Hall–Kier alpha value is -0.370. The van der Waals surface area contributed by atoms with Gasteiger partial charge in [0.1, 0.15) is 0 Å². The monoisotopic (exact) mass is 241 g/mol. The molecule has 0 bridgehead atoms. The Morgan fingerprint density at radius 2 is 2.08 bits per heavy atom. The summed E-state index contributed by atoms with van der Waals surface area (Å²) < 4.78 is 0. The third kappa shape index (κ3) is 3.47. The van der Waals surface area contributed by atoms with E-state index in [1.54, 1.807) is 0 Å². The van der Waals surface area contributed by atoms with Crippen LogP contribution in [0.25, 0.3) is 0 Å². The molecule has 0 aliphatic rings. The zero-order valence-corrected chi connectivity index (χ0v) is 10.1. The zero-order chi connectivity index (χ0) is 9.90. The van der Waals surface area contributed by atoms with Crippen molar-refractivity contribution in [2.24, 2.45) is 5.41 Å². The first-order valence-corrected chi connectivity index (χ1v) is 5.64. The molecular formula is C11H16BrN. The first kappa shape index (κ1) is 10.7. The van der Waals surface area contributed by atoms with Crippen molar-refractivity contribution in [1.29, 1.82) is 0 Å². The van der Waals surface area contributed by atoms with Gasteiger partial charge in [-0.15, -0.1) is 0 Å². The maximum absolute atomic E-state index is 4.49. The van der Waals surface area contributed by atoms with Crippen molar-refractivity contribution in [2.75, 3.05) is 5.33 Å². The van der Waals surface area contributed by atoms with E-state index in [1.807, 2.05) is 13.0 Å². The number of halogens is 1. The van der Waals surface area contributed by atoms with Gasteiger partial charge in [-0.3, -0.25) is 4.98 Å². The van der Waals surface area contributed by atoms with Gasteiger partial charge in [0.05, 0.1) is 0 Å². The summed E-state index contributed by atoms with van der Waals surface area (Å²) in [6.45, 7) is 6.52. The molecule has 0 aromatic carbocycles. The van der Waals surface area contributed by atoms with Crippen LogP contribution in [0, 0.1) is 12.3 Å². The molecule has 0 unspecified atom stereocenters. The lowest BCUT2D eigenvalue weighted by Gasteiger charge is -2.20. The number of pyridine rings is 1. The predicted octanol–water partition coefficient (Wildman–Crippen LogP) is 3.35. The average molecular weight is 242 g/mol. The van der Waals surface area contributed by atoms with Gasteiger partial charge < -0.3 is 0 Å². The van der Waals surface area contributed by atoms with E-state index in [0.717, 1.165) is 17.4 Å². The van der Waals surface area contributed by atoms with Crippen molar-refractivity contribution in [3.8, 4) is 0 Å². The maximum atomic E-state index is 4.49. The summed E-state index contributed by atoms with van der Waals surface area (Å²) in [5.41, 5.74) is 2.58. The summed E-state index contributed by atoms with van der Waals surface area (Å²) in [4.78, 5) is 4.49. The second kappa shape index (κ2) is 4.23. The summed E-state index contributed by atoms with van der Waals surface area (Å²) in [7, 11) is 0. The fourth-order valence-corrected chi connectivity index (χ4v) is 1.43. The Kier molecular flexibility index (Phi) is 3.48.